The van der Waals surface area contributed by atoms with Crippen molar-refractivity contribution in [1.82, 2.24) is 14.5 Å². The summed E-state index contributed by atoms with van der Waals surface area (Å²) in [4.78, 5) is 28.2. The van der Waals surface area contributed by atoms with E-state index >= 15 is 0 Å². The van der Waals surface area contributed by atoms with Gasteiger partial charge in [-0.1, -0.05) is 31.2 Å². The van der Waals surface area contributed by atoms with Crippen molar-refractivity contribution in [2.45, 2.75) is 59.7 Å². The SMILES string of the molecule is CCC(C(=O)NC(C)C)N(Cc1ccc(F)cc1)C(=O)CN(c1cc(C)ccc1C)S(=O)(=O)N(C)C. The van der Waals surface area contributed by atoms with Gasteiger partial charge in [0.1, 0.15) is 18.4 Å². The Balaban J connectivity index is 2.55. The summed E-state index contributed by atoms with van der Waals surface area (Å²) >= 11 is 0. The summed E-state index contributed by atoms with van der Waals surface area (Å²) in [6.07, 6.45) is 0.315. The first-order chi connectivity index (χ1) is 16.8. The second-order valence-corrected chi connectivity index (χ2v) is 11.4. The van der Waals surface area contributed by atoms with Gasteiger partial charge in [-0.2, -0.15) is 12.7 Å². The minimum Gasteiger partial charge on any atom is -0.352 e. The maximum atomic E-state index is 13.8. The molecule has 0 fully saturated rings. The van der Waals surface area contributed by atoms with Crippen molar-refractivity contribution in [2.24, 2.45) is 0 Å². The van der Waals surface area contributed by atoms with Gasteiger partial charge in [-0.25, -0.2) is 8.70 Å². The van der Waals surface area contributed by atoms with Gasteiger partial charge in [0.2, 0.25) is 11.8 Å². The van der Waals surface area contributed by atoms with Gasteiger partial charge in [0, 0.05) is 26.7 Å². The minimum absolute atomic E-state index is 0.0196. The molecule has 1 atom stereocenters. The van der Waals surface area contributed by atoms with E-state index in [1.165, 1.54) is 31.1 Å². The van der Waals surface area contributed by atoms with Crippen LogP contribution in [0.3, 0.4) is 0 Å². The molecule has 0 saturated carbocycles. The van der Waals surface area contributed by atoms with Gasteiger partial charge < -0.3 is 10.2 Å². The molecule has 36 heavy (non-hydrogen) atoms. The Morgan fingerprint density at radius 1 is 1.03 bits per heavy atom. The second-order valence-electron chi connectivity index (χ2n) is 9.32. The molecule has 1 unspecified atom stereocenters. The van der Waals surface area contributed by atoms with E-state index in [0.717, 1.165) is 14.2 Å². The number of hydrogen-bond donors (Lipinski definition) is 1. The zero-order valence-corrected chi connectivity index (χ0v) is 22.9. The number of carbonyl (C=O) groups is 2. The average Bonchev–Trinajstić information content (AvgIpc) is 2.79. The van der Waals surface area contributed by atoms with Crippen molar-refractivity contribution in [3.8, 4) is 0 Å². The van der Waals surface area contributed by atoms with E-state index in [0.29, 0.717) is 23.2 Å². The number of hydrogen-bond acceptors (Lipinski definition) is 4. The predicted octanol–water partition coefficient (Wildman–Crippen LogP) is 3.39. The molecule has 0 saturated heterocycles. The summed E-state index contributed by atoms with van der Waals surface area (Å²) in [6.45, 7) is 8.57. The van der Waals surface area contributed by atoms with E-state index < -0.39 is 34.5 Å². The number of nitrogens with one attached hydrogen (secondary N) is 1. The van der Waals surface area contributed by atoms with Crippen LogP contribution in [0.1, 0.15) is 43.9 Å². The Kier molecular flexibility index (Phi) is 10.0. The second kappa shape index (κ2) is 12.3. The molecule has 0 heterocycles. The number of amides is 2. The van der Waals surface area contributed by atoms with E-state index in [9.17, 15) is 22.4 Å². The zero-order chi connectivity index (χ0) is 27.2. The Hall–Kier alpha value is -2.98. The van der Waals surface area contributed by atoms with Crippen molar-refractivity contribution in [3.05, 3.63) is 65.0 Å². The molecule has 2 amide bonds. The molecule has 0 aliphatic carbocycles. The molecule has 1 N–H and O–H groups in total. The monoisotopic (exact) mass is 520 g/mol. The van der Waals surface area contributed by atoms with Crippen LogP contribution in [-0.4, -0.2) is 62.2 Å². The summed E-state index contributed by atoms with van der Waals surface area (Å²) in [5, 5.41) is 2.84. The molecule has 0 aliphatic heterocycles. The molecule has 0 radical (unpaired) electrons. The molecule has 2 aromatic carbocycles. The number of anilines is 1. The van der Waals surface area contributed by atoms with Crippen molar-refractivity contribution in [1.29, 1.82) is 0 Å². The third-order valence-corrected chi connectivity index (χ3v) is 7.54. The van der Waals surface area contributed by atoms with Crippen molar-refractivity contribution in [2.75, 3.05) is 24.9 Å². The van der Waals surface area contributed by atoms with Crippen molar-refractivity contribution < 1.29 is 22.4 Å². The molecule has 2 rings (SSSR count). The summed E-state index contributed by atoms with van der Waals surface area (Å²) in [7, 11) is -1.24. The Morgan fingerprint density at radius 2 is 1.64 bits per heavy atom. The smallest absolute Gasteiger partial charge is 0.304 e. The van der Waals surface area contributed by atoms with E-state index in [1.54, 1.807) is 38.1 Å². The van der Waals surface area contributed by atoms with Crippen LogP contribution in [0, 0.1) is 19.7 Å². The van der Waals surface area contributed by atoms with Crippen LogP contribution in [0.5, 0.6) is 0 Å². The van der Waals surface area contributed by atoms with Gasteiger partial charge in [0.15, 0.2) is 0 Å². The number of benzene rings is 2. The zero-order valence-electron chi connectivity index (χ0n) is 22.1. The van der Waals surface area contributed by atoms with Gasteiger partial charge in [-0.05, 0) is 69.0 Å². The number of rotatable bonds is 11. The third kappa shape index (κ3) is 7.27. The maximum absolute atomic E-state index is 13.8. The molecule has 2 aromatic rings. The van der Waals surface area contributed by atoms with Crippen LogP contribution >= 0.6 is 0 Å². The fourth-order valence-corrected chi connectivity index (χ4v) is 4.89. The third-order valence-electron chi connectivity index (χ3n) is 5.74. The molecule has 0 spiro atoms. The quantitative estimate of drug-likeness (QED) is 0.492. The first kappa shape index (κ1) is 29.3. The maximum Gasteiger partial charge on any atom is 0.304 e. The molecular weight excluding hydrogens is 483 g/mol. The highest BCUT2D eigenvalue weighted by atomic mass is 32.2. The van der Waals surface area contributed by atoms with Gasteiger partial charge in [0.05, 0.1) is 5.69 Å². The number of halogens is 1. The van der Waals surface area contributed by atoms with Crippen LogP contribution in [-0.2, 0) is 26.3 Å². The van der Waals surface area contributed by atoms with Crippen LogP contribution in [0.4, 0.5) is 10.1 Å². The van der Waals surface area contributed by atoms with Crippen molar-refractivity contribution in [3.63, 3.8) is 0 Å². The number of aryl methyl sites for hydroxylation is 2. The van der Waals surface area contributed by atoms with E-state index in [-0.39, 0.29) is 18.5 Å². The molecular formula is C26H37FN4O4S. The normalized spacial score (nSPS) is 12.5. The Bertz CT molecular complexity index is 1170. The summed E-state index contributed by atoms with van der Waals surface area (Å²) < 4.78 is 42.3. The number of nitrogens with zero attached hydrogens (tertiary/aromatic N) is 3. The van der Waals surface area contributed by atoms with Gasteiger partial charge in [-0.15, -0.1) is 0 Å². The van der Waals surface area contributed by atoms with E-state index in [2.05, 4.69) is 5.32 Å². The van der Waals surface area contributed by atoms with Gasteiger partial charge in [-0.3, -0.25) is 9.59 Å². The van der Waals surface area contributed by atoms with Crippen LogP contribution < -0.4 is 9.62 Å². The number of carbonyl (C=O) groups excluding carboxylic acids is 2. The highest BCUT2D eigenvalue weighted by Gasteiger charge is 2.34. The van der Waals surface area contributed by atoms with Gasteiger partial charge >= 0.3 is 10.2 Å². The molecule has 8 nitrogen and oxygen atoms in total. The molecule has 0 aliphatic rings. The van der Waals surface area contributed by atoms with Crippen LogP contribution in [0.25, 0.3) is 0 Å². The lowest BCUT2D eigenvalue weighted by molar-refractivity contribution is -0.140. The molecule has 0 bridgehead atoms. The largest absolute Gasteiger partial charge is 0.352 e. The van der Waals surface area contributed by atoms with E-state index in [1.807, 2.05) is 26.8 Å². The standard InChI is InChI=1S/C26H37FN4O4S/c1-8-23(26(33)28-18(2)3)30(16-21-11-13-22(27)14-12-21)25(32)17-31(36(34,35)29(6)7)24-15-19(4)9-10-20(24)5/h9-15,18,23H,8,16-17H2,1-7H3,(H,28,33). The Labute approximate surface area is 214 Å². The predicted molar refractivity (Wildman–Crippen MR) is 140 cm³/mol. The Morgan fingerprint density at radius 3 is 2.17 bits per heavy atom. The first-order valence-electron chi connectivity index (χ1n) is 11.9. The lowest BCUT2D eigenvalue weighted by atomic mass is 10.1. The fraction of sp³-hybridized carbons (Fsp3) is 0.462. The highest BCUT2D eigenvalue weighted by molar-refractivity contribution is 7.90. The van der Waals surface area contributed by atoms with E-state index in [4.69, 9.17) is 0 Å². The molecule has 198 valence electrons. The summed E-state index contributed by atoms with van der Waals surface area (Å²) in [5.41, 5.74) is 2.54. The topological polar surface area (TPSA) is 90.0 Å². The summed E-state index contributed by atoms with van der Waals surface area (Å²) in [6, 6.07) is 10.1. The highest BCUT2D eigenvalue weighted by Crippen LogP contribution is 2.26. The molecule has 10 heteroatoms. The lowest BCUT2D eigenvalue weighted by Gasteiger charge is -2.34. The minimum atomic E-state index is -4.04. The van der Waals surface area contributed by atoms with Crippen LogP contribution in [0.15, 0.2) is 42.5 Å². The average molecular weight is 521 g/mol. The lowest BCUT2D eigenvalue weighted by Crippen LogP contribution is -2.54. The van der Waals surface area contributed by atoms with Gasteiger partial charge in [0.25, 0.3) is 0 Å². The van der Waals surface area contributed by atoms with Crippen molar-refractivity contribution >= 4 is 27.7 Å². The van der Waals surface area contributed by atoms with Crippen LogP contribution in [0.2, 0.25) is 0 Å². The molecule has 0 aromatic heterocycles. The summed E-state index contributed by atoms with van der Waals surface area (Å²) in [5.74, 6) is -1.30. The first-order valence-corrected chi connectivity index (χ1v) is 13.3. The fourth-order valence-electron chi connectivity index (χ4n) is 3.78.